The van der Waals surface area contributed by atoms with Crippen LogP contribution in [0.2, 0.25) is 0 Å². The molecule has 2 rings (SSSR count). The largest absolute Gasteiger partial charge is 0.345 e. The zero-order valence-electron chi connectivity index (χ0n) is 9.96. The van der Waals surface area contributed by atoms with E-state index in [1.54, 1.807) is 22.2 Å². The molecule has 0 unspecified atom stereocenters. The standard InChI is InChI=1S/C10H14N6OS/c1-7-13-8(6-18-7)4-12-10(17)9-5-16(3-2-11)15-14-9/h5-6H,2-4,11H2,1H3,(H,12,17). The highest BCUT2D eigenvalue weighted by Crippen LogP contribution is 2.07. The third kappa shape index (κ3) is 3.11. The van der Waals surface area contributed by atoms with Crippen LogP contribution in [0.1, 0.15) is 21.2 Å². The van der Waals surface area contributed by atoms with Crippen LogP contribution in [0.25, 0.3) is 0 Å². The second kappa shape index (κ2) is 5.69. The van der Waals surface area contributed by atoms with Gasteiger partial charge in [-0.2, -0.15) is 0 Å². The smallest absolute Gasteiger partial charge is 0.273 e. The van der Waals surface area contributed by atoms with Crippen LogP contribution in [0.4, 0.5) is 0 Å². The summed E-state index contributed by atoms with van der Waals surface area (Å²) < 4.78 is 1.54. The molecule has 0 aliphatic rings. The van der Waals surface area contributed by atoms with E-state index in [1.807, 2.05) is 12.3 Å². The van der Waals surface area contributed by atoms with Crippen molar-refractivity contribution in [1.82, 2.24) is 25.3 Å². The molecule has 1 amide bonds. The van der Waals surface area contributed by atoms with Crippen molar-refractivity contribution in [1.29, 1.82) is 0 Å². The molecule has 7 nitrogen and oxygen atoms in total. The number of aromatic nitrogens is 4. The van der Waals surface area contributed by atoms with Crippen LogP contribution in [0.15, 0.2) is 11.6 Å². The normalized spacial score (nSPS) is 10.6. The van der Waals surface area contributed by atoms with E-state index in [-0.39, 0.29) is 11.6 Å². The maximum absolute atomic E-state index is 11.8. The summed E-state index contributed by atoms with van der Waals surface area (Å²) in [7, 11) is 0. The molecule has 2 aromatic heterocycles. The number of thiazole rings is 1. The quantitative estimate of drug-likeness (QED) is 0.789. The molecule has 2 heterocycles. The molecule has 0 aromatic carbocycles. The minimum absolute atomic E-state index is 0.260. The number of hydrogen-bond acceptors (Lipinski definition) is 6. The Morgan fingerprint density at radius 2 is 2.44 bits per heavy atom. The maximum atomic E-state index is 11.8. The summed E-state index contributed by atoms with van der Waals surface area (Å²) in [5, 5.41) is 13.2. The van der Waals surface area contributed by atoms with E-state index in [1.165, 1.54) is 0 Å². The lowest BCUT2D eigenvalue weighted by molar-refractivity contribution is 0.0945. The number of amides is 1. The topological polar surface area (TPSA) is 98.7 Å². The van der Waals surface area contributed by atoms with E-state index in [0.717, 1.165) is 10.7 Å². The number of nitrogens with zero attached hydrogens (tertiary/aromatic N) is 4. The van der Waals surface area contributed by atoms with Gasteiger partial charge in [-0.25, -0.2) is 4.98 Å². The average molecular weight is 266 g/mol. The molecule has 8 heteroatoms. The van der Waals surface area contributed by atoms with E-state index >= 15 is 0 Å². The summed E-state index contributed by atoms with van der Waals surface area (Å²) in [4.78, 5) is 16.0. The van der Waals surface area contributed by atoms with E-state index in [2.05, 4.69) is 20.6 Å². The molecule has 0 spiro atoms. The second-order valence-electron chi connectivity index (χ2n) is 3.70. The lowest BCUT2D eigenvalue weighted by atomic mass is 10.4. The molecule has 0 atom stereocenters. The Balaban J connectivity index is 1.90. The molecule has 0 fully saturated rings. The molecule has 0 aliphatic heterocycles. The van der Waals surface area contributed by atoms with Gasteiger partial charge in [0.2, 0.25) is 0 Å². The average Bonchev–Trinajstić information content (AvgIpc) is 2.96. The SMILES string of the molecule is Cc1nc(CNC(=O)c2cn(CCN)nn2)cs1. The van der Waals surface area contributed by atoms with Crippen molar-refractivity contribution < 1.29 is 4.79 Å². The number of nitrogens with one attached hydrogen (secondary N) is 1. The van der Waals surface area contributed by atoms with Gasteiger partial charge in [-0.1, -0.05) is 5.21 Å². The summed E-state index contributed by atoms with van der Waals surface area (Å²) in [5.41, 5.74) is 6.52. The zero-order chi connectivity index (χ0) is 13.0. The van der Waals surface area contributed by atoms with E-state index in [9.17, 15) is 4.79 Å². The summed E-state index contributed by atoms with van der Waals surface area (Å²) in [6, 6.07) is 0. The highest BCUT2D eigenvalue weighted by atomic mass is 32.1. The van der Waals surface area contributed by atoms with Crippen molar-refractivity contribution in [2.24, 2.45) is 5.73 Å². The third-order valence-corrected chi connectivity index (χ3v) is 3.05. The van der Waals surface area contributed by atoms with Gasteiger partial charge in [-0.05, 0) is 6.92 Å². The van der Waals surface area contributed by atoms with Crippen molar-refractivity contribution in [3.05, 3.63) is 28.0 Å². The van der Waals surface area contributed by atoms with Crippen LogP contribution in [-0.4, -0.2) is 32.4 Å². The molecule has 0 radical (unpaired) electrons. The number of aryl methyl sites for hydroxylation is 1. The van der Waals surface area contributed by atoms with Crippen LogP contribution in [-0.2, 0) is 13.1 Å². The fourth-order valence-electron chi connectivity index (χ4n) is 1.39. The number of carbonyl (C=O) groups excluding carboxylic acids is 1. The Morgan fingerprint density at radius 1 is 1.61 bits per heavy atom. The Morgan fingerprint density at radius 3 is 3.11 bits per heavy atom. The molecule has 0 aliphatic carbocycles. The number of rotatable bonds is 5. The summed E-state index contributed by atoms with van der Waals surface area (Å²) >= 11 is 1.55. The first-order chi connectivity index (χ1) is 8.69. The maximum Gasteiger partial charge on any atom is 0.273 e. The molecule has 0 saturated carbocycles. The van der Waals surface area contributed by atoms with Crippen molar-refractivity contribution in [3.8, 4) is 0 Å². The molecule has 18 heavy (non-hydrogen) atoms. The fraction of sp³-hybridized carbons (Fsp3) is 0.400. The number of hydrogen-bond donors (Lipinski definition) is 2. The molecule has 0 bridgehead atoms. The molecular formula is C10H14N6OS. The Hall–Kier alpha value is -1.80. The van der Waals surface area contributed by atoms with Gasteiger partial charge in [0.25, 0.3) is 5.91 Å². The van der Waals surface area contributed by atoms with Gasteiger partial charge in [0, 0.05) is 11.9 Å². The number of nitrogens with two attached hydrogens (primary N) is 1. The van der Waals surface area contributed by atoms with Crippen LogP contribution >= 0.6 is 11.3 Å². The van der Waals surface area contributed by atoms with Crippen LogP contribution in [0.3, 0.4) is 0 Å². The first-order valence-electron chi connectivity index (χ1n) is 5.48. The van der Waals surface area contributed by atoms with Crippen molar-refractivity contribution >= 4 is 17.2 Å². The lowest BCUT2D eigenvalue weighted by Gasteiger charge is -1.99. The zero-order valence-corrected chi connectivity index (χ0v) is 10.8. The van der Waals surface area contributed by atoms with Crippen molar-refractivity contribution in [2.75, 3.05) is 6.54 Å². The van der Waals surface area contributed by atoms with Gasteiger partial charge in [-0.3, -0.25) is 9.48 Å². The molecule has 2 aromatic rings. The predicted octanol–water partition coefficient (Wildman–Crippen LogP) is -0.0683. The van der Waals surface area contributed by atoms with Gasteiger partial charge >= 0.3 is 0 Å². The first-order valence-corrected chi connectivity index (χ1v) is 6.36. The van der Waals surface area contributed by atoms with Crippen LogP contribution in [0.5, 0.6) is 0 Å². The number of carbonyl (C=O) groups is 1. The second-order valence-corrected chi connectivity index (χ2v) is 4.76. The van der Waals surface area contributed by atoms with Gasteiger partial charge in [0.05, 0.1) is 30.0 Å². The Labute approximate surface area is 108 Å². The summed E-state index contributed by atoms with van der Waals surface area (Å²) in [5.74, 6) is -0.260. The first kappa shape index (κ1) is 12.7. The van der Waals surface area contributed by atoms with E-state index in [4.69, 9.17) is 5.73 Å². The van der Waals surface area contributed by atoms with Gasteiger partial charge in [-0.15, -0.1) is 16.4 Å². The van der Waals surface area contributed by atoms with Crippen LogP contribution < -0.4 is 11.1 Å². The predicted molar refractivity (Wildman–Crippen MR) is 67.1 cm³/mol. The third-order valence-electron chi connectivity index (χ3n) is 2.23. The highest BCUT2D eigenvalue weighted by Gasteiger charge is 2.10. The van der Waals surface area contributed by atoms with Gasteiger partial charge in [0.15, 0.2) is 5.69 Å². The lowest BCUT2D eigenvalue weighted by Crippen LogP contribution is -2.23. The monoisotopic (exact) mass is 266 g/mol. The molecular weight excluding hydrogens is 252 g/mol. The van der Waals surface area contributed by atoms with Gasteiger partial charge < -0.3 is 11.1 Å². The highest BCUT2D eigenvalue weighted by molar-refractivity contribution is 7.09. The minimum atomic E-state index is -0.260. The van der Waals surface area contributed by atoms with E-state index in [0.29, 0.717) is 19.6 Å². The Kier molecular flexibility index (Phi) is 4.00. The van der Waals surface area contributed by atoms with Gasteiger partial charge in [0.1, 0.15) is 0 Å². The summed E-state index contributed by atoms with van der Waals surface area (Å²) in [6.45, 7) is 3.33. The fourth-order valence-corrected chi connectivity index (χ4v) is 2.01. The molecule has 3 N–H and O–H groups in total. The van der Waals surface area contributed by atoms with Crippen molar-refractivity contribution in [2.45, 2.75) is 20.0 Å². The summed E-state index contributed by atoms with van der Waals surface area (Å²) in [6.07, 6.45) is 1.58. The molecule has 0 saturated heterocycles. The van der Waals surface area contributed by atoms with E-state index < -0.39 is 0 Å². The Bertz CT molecular complexity index is 534. The van der Waals surface area contributed by atoms with Crippen molar-refractivity contribution in [3.63, 3.8) is 0 Å². The van der Waals surface area contributed by atoms with Crippen LogP contribution in [0, 0.1) is 6.92 Å². The molecule has 96 valence electrons. The minimum Gasteiger partial charge on any atom is -0.345 e.